The van der Waals surface area contributed by atoms with Gasteiger partial charge in [0, 0.05) is 25.7 Å². The van der Waals surface area contributed by atoms with Crippen LogP contribution in [0.1, 0.15) is 58.3 Å². The van der Waals surface area contributed by atoms with Crippen molar-refractivity contribution in [2.45, 2.75) is 70.7 Å². The highest BCUT2D eigenvalue weighted by Gasteiger charge is 2.30. The quantitative estimate of drug-likeness (QED) is 0.903. The Hall–Kier alpha value is -1.63. The minimum Gasteiger partial charge on any atom is -0.444 e. The molecule has 1 saturated heterocycles. The smallest absolute Gasteiger partial charge is 0.410 e. The Morgan fingerprint density at radius 3 is 2.87 bits per heavy atom. The number of piperidine rings is 1. The molecule has 1 N–H and O–H groups in total. The van der Waals surface area contributed by atoms with E-state index in [4.69, 9.17) is 4.74 Å². The van der Waals surface area contributed by atoms with Gasteiger partial charge in [0.05, 0.1) is 6.04 Å². The van der Waals surface area contributed by atoms with Crippen molar-refractivity contribution in [1.29, 1.82) is 0 Å². The molecule has 7 heteroatoms. The molecule has 1 fully saturated rings. The second kappa shape index (κ2) is 6.47. The van der Waals surface area contributed by atoms with Crippen molar-refractivity contribution in [2.24, 2.45) is 0 Å². The lowest BCUT2D eigenvalue weighted by atomic mass is 10.0. The van der Waals surface area contributed by atoms with E-state index in [9.17, 15) is 4.79 Å². The number of ether oxygens (including phenoxy) is 1. The lowest BCUT2D eigenvalue weighted by molar-refractivity contribution is 0.0181. The first-order valence-electron chi connectivity index (χ1n) is 8.54. The zero-order valence-corrected chi connectivity index (χ0v) is 14.3. The summed E-state index contributed by atoms with van der Waals surface area (Å²) in [6, 6.07) is 0.513. The molecule has 1 amide bonds. The number of aromatic nitrogens is 3. The number of nitrogens with one attached hydrogen (secondary N) is 1. The summed E-state index contributed by atoms with van der Waals surface area (Å²) < 4.78 is 7.47. The molecular weight excluding hydrogens is 294 g/mol. The largest absolute Gasteiger partial charge is 0.444 e. The average molecular weight is 321 g/mol. The van der Waals surface area contributed by atoms with Crippen LogP contribution in [0.5, 0.6) is 0 Å². The number of carbonyl (C=O) groups excluding carboxylic acids is 1. The number of amides is 1. The van der Waals surface area contributed by atoms with Gasteiger partial charge < -0.3 is 15.0 Å². The van der Waals surface area contributed by atoms with Gasteiger partial charge in [-0.05, 0) is 46.5 Å². The Labute approximate surface area is 137 Å². The predicted octanol–water partition coefficient (Wildman–Crippen LogP) is 2.10. The maximum Gasteiger partial charge on any atom is 0.410 e. The van der Waals surface area contributed by atoms with Gasteiger partial charge in [0.1, 0.15) is 17.8 Å². The Balaban J connectivity index is 1.59. The van der Waals surface area contributed by atoms with E-state index in [1.807, 2.05) is 30.4 Å². The predicted molar refractivity (Wildman–Crippen MR) is 86.0 cm³/mol. The van der Waals surface area contributed by atoms with Gasteiger partial charge in [-0.25, -0.2) is 14.5 Å². The van der Waals surface area contributed by atoms with Gasteiger partial charge in [0.15, 0.2) is 0 Å². The fourth-order valence-corrected chi connectivity index (χ4v) is 3.34. The van der Waals surface area contributed by atoms with E-state index >= 15 is 0 Å². The van der Waals surface area contributed by atoms with Crippen LogP contribution in [0, 0.1) is 0 Å². The standard InChI is InChI=1S/C16H27N5O2/c1-16(2,3)23-15(22)20-8-4-6-12(10-20)19-13-7-5-9-21-14(13)17-11-18-21/h11-13,19H,4-10H2,1-3H3. The fraction of sp³-hybridized carbons (Fsp3) is 0.812. The molecule has 7 nitrogen and oxygen atoms in total. The molecule has 0 aromatic carbocycles. The van der Waals surface area contributed by atoms with Crippen molar-refractivity contribution in [2.75, 3.05) is 13.1 Å². The van der Waals surface area contributed by atoms with Crippen LogP contribution >= 0.6 is 0 Å². The third kappa shape index (κ3) is 4.02. The molecule has 1 aromatic rings. The molecule has 0 saturated carbocycles. The van der Waals surface area contributed by atoms with Crippen molar-refractivity contribution < 1.29 is 9.53 Å². The molecule has 128 valence electrons. The SMILES string of the molecule is CC(C)(C)OC(=O)N1CCCC(NC2CCCn3ncnc32)C1. The molecule has 3 rings (SSSR count). The average Bonchev–Trinajstić information content (AvgIpc) is 2.95. The van der Waals surface area contributed by atoms with Crippen LogP contribution in [0.15, 0.2) is 6.33 Å². The number of hydrogen-bond donors (Lipinski definition) is 1. The highest BCUT2D eigenvalue weighted by atomic mass is 16.6. The van der Waals surface area contributed by atoms with Crippen molar-refractivity contribution in [1.82, 2.24) is 25.0 Å². The van der Waals surface area contributed by atoms with Gasteiger partial charge in [0.25, 0.3) is 0 Å². The molecule has 0 radical (unpaired) electrons. The number of rotatable bonds is 2. The minimum atomic E-state index is -0.447. The molecule has 0 spiro atoms. The van der Waals surface area contributed by atoms with Crippen LogP contribution in [0.4, 0.5) is 4.79 Å². The molecule has 2 aliphatic rings. The molecule has 0 aliphatic carbocycles. The van der Waals surface area contributed by atoms with Gasteiger partial charge in [-0.1, -0.05) is 0 Å². The number of likely N-dealkylation sites (tertiary alicyclic amines) is 1. The van der Waals surface area contributed by atoms with E-state index in [1.165, 1.54) is 0 Å². The first kappa shape index (κ1) is 16.2. The fourth-order valence-electron chi connectivity index (χ4n) is 3.34. The Morgan fingerprint density at radius 2 is 2.09 bits per heavy atom. The maximum atomic E-state index is 12.3. The number of fused-ring (bicyclic) bond motifs is 1. The molecule has 1 aromatic heterocycles. The van der Waals surface area contributed by atoms with Crippen LogP contribution in [-0.2, 0) is 11.3 Å². The normalized spacial score (nSPS) is 25.1. The van der Waals surface area contributed by atoms with Crippen LogP contribution in [0.2, 0.25) is 0 Å². The van der Waals surface area contributed by atoms with Gasteiger partial charge >= 0.3 is 6.09 Å². The summed E-state index contributed by atoms with van der Waals surface area (Å²) in [5, 5.41) is 7.94. The molecule has 23 heavy (non-hydrogen) atoms. The molecule has 0 bridgehead atoms. The van der Waals surface area contributed by atoms with Crippen molar-refractivity contribution in [3.8, 4) is 0 Å². The van der Waals surface area contributed by atoms with Gasteiger partial charge in [-0.2, -0.15) is 5.10 Å². The third-order valence-electron chi connectivity index (χ3n) is 4.33. The van der Waals surface area contributed by atoms with E-state index in [1.54, 1.807) is 6.33 Å². The van der Waals surface area contributed by atoms with Gasteiger partial charge in [-0.15, -0.1) is 0 Å². The van der Waals surface area contributed by atoms with Crippen LogP contribution < -0.4 is 5.32 Å². The lowest BCUT2D eigenvalue weighted by Gasteiger charge is -2.36. The summed E-state index contributed by atoms with van der Waals surface area (Å²) in [5.74, 6) is 1.02. The van der Waals surface area contributed by atoms with Crippen LogP contribution in [-0.4, -0.2) is 50.5 Å². The second-order valence-electron chi connectivity index (χ2n) is 7.47. The zero-order valence-electron chi connectivity index (χ0n) is 14.3. The molecule has 2 unspecified atom stereocenters. The number of aryl methyl sites for hydroxylation is 1. The molecule has 2 atom stereocenters. The summed E-state index contributed by atoms with van der Waals surface area (Å²) in [5.41, 5.74) is -0.447. The van der Waals surface area contributed by atoms with Crippen molar-refractivity contribution >= 4 is 6.09 Å². The highest BCUT2D eigenvalue weighted by molar-refractivity contribution is 5.68. The van der Waals surface area contributed by atoms with E-state index in [0.717, 1.165) is 44.6 Å². The number of nitrogens with zero attached hydrogens (tertiary/aromatic N) is 4. The summed E-state index contributed by atoms with van der Waals surface area (Å²) in [4.78, 5) is 18.5. The first-order valence-corrected chi connectivity index (χ1v) is 8.54. The summed E-state index contributed by atoms with van der Waals surface area (Å²) in [6.45, 7) is 8.12. The number of carbonyl (C=O) groups is 1. The van der Waals surface area contributed by atoms with E-state index in [-0.39, 0.29) is 18.2 Å². The Kier molecular flexibility index (Phi) is 4.57. The first-order chi connectivity index (χ1) is 10.9. The monoisotopic (exact) mass is 321 g/mol. The lowest BCUT2D eigenvalue weighted by Crippen LogP contribution is -2.50. The topological polar surface area (TPSA) is 72.3 Å². The Bertz CT molecular complexity index is 551. The zero-order chi connectivity index (χ0) is 16.4. The van der Waals surface area contributed by atoms with Crippen LogP contribution in [0.3, 0.4) is 0 Å². The van der Waals surface area contributed by atoms with Gasteiger partial charge in [-0.3, -0.25) is 0 Å². The summed E-state index contributed by atoms with van der Waals surface area (Å²) >= 11 is 0. The summed E-state index contributed by atoms with van der Waals surface area (Å²) in [7, 11) is 0. The number of hydrogen-bond acceptors (Lipinski definition) is 5. The van der Waals surface area contributed by atoms with E-state index in [2.05, 4.69) is 15.4 Å². The molecule has 3 heterocycles. The highest BCUT2D eigenvalue weighted by Crippen LogP contribution is 2.24. The molecular formula is C16H27N5O2. The molecule has 2 aliphatic heterocycles. The van der Waals surface area contributed by atoms with Crippen molar-refractivity contribution in [3.63, 3.8) is 0 Å². The van der Waals surface area contributed by atoms with Gasteiger partial charge in [0.2, 0.25) is 0 Å². The van der Waals surface area contributed by atoms with E-state index < -0.39 is 5.60 Å². The van der Waals surface area contributed by atoms with Crippen LogP contribution in [0.25, 0.3) is 0 Å². The summed E-state index contributed by atoms with van der Waals surface area (Å²) in [6.07, 6.45) is 5.66. The Morgan fingerprint density at radius 1 is 1.30 bits per heavy atom. The van der Waals surface area contributed by atoms with Crippen molar-refractivity contribution in [3.05, 3.63) is 12.2 Å². The third-order valence-corrected chi connectivity index (χ3v) is 4.33. The second-order valence-corrected chi connectivity index (χ2v) is 7.47. The van der Waals surface area contributed by atoms with E-state index in [0.29, 0.717) is 6.54 Å². The minimum absolute atomic E-state index is 0.212. The maximum absolute atomic E-state index is 12.3.